The molecule has 1 heterocycles. The molecular weight excluding hydrogens is 341 g/mol. The van der Waals surface area contributed by atoms with Crippen LogP contribution in [0, 0.1) is 11.7 Å². The predicted molar refractivity (Wildman–Crippen MR) is 93.4 cm³/mol. The van der Waals surface area contributed by atoms with Gasteiger partial charge >= 0.3 is 5.97 Å². The number of amides is 1. The summed E-state index contributed by atoms with van der Waals surface area (Å²) in [5, 5.41) is 8.82. The van der Waals surface area contributed by atoms with Crippen molar-refractivity contribution in [2.75, 3.05) is 33.4 Å². The molecule has 1 N–H and O–H groups in total. The van der Waals surface area contributed by atoms with Crippen molar-refractivity contribution in [1.29, 1.82) is 0 Å². The van der Waals surface area contributed by atoms with Crippen LogP contribution in [0.2, 0.25) is 0 Å². The molecule has 0 aromatic heterocycles. The van der Waals surface area contributed by atoms with Crippen LogP contribution < -0.4 is 0 Å². The van der Waals surface area contributed by atoms with E-state index in [4.69, 9.17) is 14.6 Å². The molecule has 2 rings (SSSR count). The van der Waals surface area contributed by atoms with E-state index in [1.807, 2.05) is 0 Å². The van der Waals surface area contributed by atoms with Gasteiger partial charge in [-0.05, 0) is 43.4 Å². The minimum absolute atomic E-state index is 0.0809. The van der Waals surface area contributed by atoms with Crippen LogP contribution in [0.15, 0.2) is 18.2 Å². The van der Waals surface area contributed by atoms with Crippen LogP contribution in [0.25, 0.3) is 0 Å². The normalized spacial score (nSPS) is 17.3. The Labute approximate surface area is 152 Å². The van der Waals surface area contributed by atoms with Crippen molar-refractivity contribution in [2.24, 2.45) is 5.92 Å². The molecule has 144 valence electrons. The van der Waals surface area contributed by atoms with E-state index in [1.54, 1.807) is 12.0 Å². The van der Waals surface area contributed by atoms with E-state index >= 15 is 0 Å². The van der Waals surface area contributed by atoms with Gasteiger partial charge in [-0.3, -0.25) is 9.59 Å². The van der Waals surface area contributed by atoms with Crippen molar-refractivity contribution in [3.8, 4) is 0 Å². The third kappa shape index (κ3) is 6.07. The maximum absolute atomic E-state index is 13.9. The molecule has 1 atom stereocenters. The van der Waals surface area contributed by atoms with Gasteiger partial charge in [0.2, 0.25) is 0 Å². The van der Waals surface area contributed by atoms with E-state index in [1.165, 1.54) is 18.2 Å². The van der Waals surface area contributed by atoms with Crippen molar-refractivity contribution >= 4 is 11.9 Å². The maximum atomic E-state index is 13.9. The molecule has 26 heavy (non-hydrogen) atoms. The standard InChI is InChI=1S/C19H26FNO5/c1-25-9-10-26-13-16-11-15(5-6-17(16)20)19(24)21-8-2-3-14(12-21)4-7-18(22)23/h5-6,11,14H,2-4,7-10,12-13H2,1H3,(H,22,23). The van der Waals surface area contributed by atoms with Gasteiger partial charge in [-0.1, -0.05) is 0 Å². The fraction of sp³-hybridized carbons (Fsp3) is 0.579. The first-order valence-electron chi connectivity index (χ1n) is 8.87. The number of carboxylic acids is 1. The van der Waals surface area contributed by atoms with Crippen LogP contribution in [0.5, 0.6) is 0 Å². The molecule has 1 amide bonds. The van der Waals surface area contributed by atoms with E-state index in [9.17, 15) is 14.0 Å². The summed E-state index contributed by atoms with van der Waals surface area (Å²) in [5.74, 6) is -1.17. The van der Waals surface area contributed by atoms with E-state index in [0.717, 1.165) is 12.8 Å². The van der Waals surface area contributed by atoms with Gasteiger partial charge in [0, 0.05) is 37.7 Å². The minimum Gasteiger partial charge on any atom is -0.481 e. The first-order valence-corrected chi connectivity index (χ1v) is 8.87. The van der Waals surface area contributed by atoms with Crippen LogP contribution >= 0.6 is 0 Å². The van der Waals surface area contributed by atoms with Gasteiger partial charge in [-0.2, -0.15) is 0 Å². The Hall–Kier alpha value is -1.99. The highest BCUT2D eigenvalue weighted by atomic mass is 19.1. The number of carbonyl (C=O) groups is 2. The first kappa shape index (κ1) is 20.3. The monoisotopic (exact) mass is 367 g/mol. The predicted octanol–water partition coefficient (Wildman–Crippen LogP) is 2.71. The van der Waals surface area contributed by atoms with Crippen molar-refractivity contribution < 1.29 is 28.6 Å². The molecule has 1 aliphatic rings. The summed E-state index contributed by atoms with van der Waals surface area (Å²) in [5.41, 5.74) is 0.766. The van der Waals surface area contributed by atoms with Crippen LogP contribution in [-0.4, -0.2) is 55.3 Å². The highest BCUT2D eigenvalue weighted by Gasteiger charge is 2.25. The molecule has 1 fully saturated rings. The quantitative estimate of drug-likeness (QED) is 0.679. The Kier molecular flexibility index (Phi) is 8.00. The lowest BCUT2D eigenvalue weighted by Crippen LogP contribution is -2.40. The Bertz CT molecular complexity index is 622. The molecule has 1 saturated heterocycles. The molecule has 1 aromatic rings. The van der Waals surface area contributed by atoms with Gasteiger partial charge in [-0.25, -0.2) is 4.39 Å². The first-order chi connectivity index (χ1) is 12.5. The lowest BCUT2D eigenvalue weighted by atomic mass is 9.93. The number of aliphatic carboxylic acids is 1. The van der Waals surface area contributed by atoms with Crippen LogP contribution in [0.4, 0.5) is 4.39 Å². The summed E-state index contributed by atoms with van der Waals surface area (Å²) in [7, 11) is 1.56. The zero-order valence-electron chi connectivity index (χ0n) is 15.1. The number of hydrogen-bond acceptors (Lipinski definition) is 4. The maximum Gasteiger partial charge on any atom is 0.303 e. The number of nitrogens with zero attached hydrogens (tertiary/aromatic N) is 1. The lowest BCUT2D eigenvalue weighted by Gasteiger charge is -2.32. The number of carbonyl (C=O) groups excluding carboxylic acids is 1. The van der Waals surface area contributed by atoms with Gasteiger partial charge in [0.05, 0.1) is 19.8 Å². The summed E-state index contributed by atoms with van der Waals surface area (Å²) in [6, 6.07) is 4.30. The molecule has 6 nitrogen and oxygen atoms in total. The zero-order chi connectivity index (χ0) is 18.9. The van der Waals surface area contributed by atoms with Gasteiger partial charge in [-0.15, -0.1) is 0 Å². The smallest absolute Gasteiger partial charge is 0.303 e. The van der Waals surface area contributed by atoms with Crippen molar-refractivity contribution in [3.63, 3.8) is 0 Å². The summed E-state index contributed by atoms with van der Waals surface area (Å²) >= 11 is 0. The van der Waals surface area contributed by atoms with Crippen LogP contribution in [-0.2, 0) is 20.9 Å². The number of piperidine rings is 1. The fourth-order valence-corrected chi connectivity index (χ4v) is 3.14. The zero-order valence-corrected chi connectivity index (χ0v) is 15.1. The summed E-state index contributed by atoms with van der Waals surface area (Å²) in [6.45, 7) is 2.04. The molecule has 1 aromatic carbocycles. The molecule has 0 aliphatic carbocycles. The average molecular weight is 367 g/mol. The van der Waals surface area contributed by atoms with Gasteiger partial charge < -0.3 is 19.5 Å². The second-order valence-electron chi connectivity index (χ2n) is 6.54. The SMILES string of the molecule is COCCOCc1cc(C(=O)N2CCCC(CCC(=O)O)C2)ccc1F. The third-order valence-corrected chi connectivity index (χ3v) is 4.55. The molecular formula is C19H26FNO5. The molecule has 0 radical (unpaired) electrons. The van der Waals surface area contributed by atoms with Gasteiger partial charge in [0.1, 0.15) is 5.82 Å². The number of methoxy groups -OCH3 is 1. The Morgan fingerprint density at radius 3 is 2.88 bits per heavy atom. The topological polar surface area (TPSA) is 76.1 Å². The lowest BCUT2D eigenvalue weighted by molar-refractivity contribution is -0.137. The highest BCUT2D eigenvalue weighted by molar-refractivity contribution is 5.94. The number of benzene rings is 1. The Morgan fingerprint density at radius 1 is 1.35 bits per heavy atom. The van der Waals surface area contributed by atoms with Gasteiger partial charge in [0.25, 0.3) is 5.91 Å². The highest BCUT2D eigenvalue weighted by Crippen LogP contribution is 2.23. The van der Waals surface area contributed by atoms with E-state index in [2.05, 4.69) is 0 Å². The third-order valence-electron chi connectivity index (χ3n) is 4.55. The van der Waals surface area contributed by atoms with Crippen molar-refractivity contribution in [3.05, 3.63) is 35.1 Å². The fourth-order valence-electron chi connectivity index (χ4n) is 3.14. The molecule has 0 spiro atoms. The van der Waals surface area contributed by atoms with E-state index in [0.29, 0.717) is 43.9 Å². The molecule has 1 unspecified atom stereocenters. The number of halogens is 1. The second-order valence-corrected chi connectivity index (χ2v) is 6.54. The molecule has 7 heteroatoms. The number of rotatable bonds is 9. The second kappa shape index (κ2) is 10.2. The minimum atomic E-state index is -0.815. The molecule has 0 saturated carbocycles. The van der Waals surface area contributed by atoms with E-state index in [-0.39, 0.29) is 24.9 Å². The number of ether oxygens (including phenoxy) is 2. The van der Waals surface area contributed by atoms with Crippen LogP contribution in [0.3, 0.4) is 0 Å². The largest absolute Gasteiger partial charge is 0.481 e. The number of likely N-dealkylation sites (tertiary alicyclic amines) is 1. The van der Waals surface area contributed by atoms with Crippen molar-refractivity contribution in [2.45, 2.75) is 32.3 Å². The summed E-state index contributed by atoms with van der Waals surface area (Å²) in [4.78, 5) is 25.2. The van der Waals surface area contributed by atoms with Gasteiger partial charge in [0.15, 0.2) is 0 Å². The summed E-state index contributed by atoms with van der Waals surface area (Å²) in [6.07, 6.45) is 2.47. The average Bonchev–Trinajstić information content (AvgIpc) is 2.64. The Balaban J connectivity index is 1.98. The van der Waals surface area contributed by atoms with Crippen molar-refractivity contribution in [1.82, 2.24) is 4.90 Å². The number of carboxylic acid groups (broad SMARTS) is 1. The molecule has 1 aliphatic heterocycles. The molecule has 0 bridgehead atoms. The summed E-state index contributed by atoms with van der Waals surface area (Å²) < 4.78 is 24.2. The van der Waals surface area contributed by atoms with Crippen LogP contribution in [0.1, 0.15) is 41.6 Å². The number of hydrogen-bond donors (Lipinski definition) is 1. The van der Waals surface area contributed by atoms with E-state index < -0.39 is 11.8 Å². The Morgan fingerprint density at radius 2 is 2.15 bits per heavy atom.